The number of amides is 2. The van der Waals surface area contributed by atoms with Gasteiger partial charge in [0.25, 0.3) is 0 Å². The summed E-state index contributed by atoms with van der Waals surface area (Å²) in [7, 11) is -3.80. The van der Waals surface area contributed by atoms with Gasteiger partial charge in [-0.3, -0.25) is 13.9 Å². The van der Waals surface area contributed by atoms with Crippen LogP contribution in [0, 0.1) is 11.6 Å². The largest absolute Gasteiger partial charge is 0.355 e. The van der Waals surface area contributed by atoms with Crippen molar-refractivity contribution in [1.82, 2.24) is 10.2 Å². The SMILES string of the molecule is CCNC(=O)C(C)N(Cc1ccccc1F)C(=O)CCCN(c1ccccc1F)S(C)(=O)=O. The van der Waals surface area contributed by atoms with Crippen molar-refractivity contribution in [3.63, 3.8) is 0 Å². The summed E-state index contributed by atoms with van der Waals surface area (Å²) in [4.78, 5) is 26.7. The number of nitrogens with one attached hydrogen (secondary N) is 1. The molecule has 0 aliphatic heterocycles. The van der Waals surface area contributed by atoms with E-state index in [9.17, 15) is 26.8 Å². The molecule has 2 rings (SSSR count). The van der Waals surface area contributed by atoms with Gasteiger partial charge in [0.05, 0.1) is 11.9 Å². The minimum atomic E-state index is -3.80. The van der Waals surface area contributed by atoms with Crippen LogP contribution in [0.3, 0.4) is 0 Å². The Hall–Kier alpha value is -3.01. The quantitative estimate of drug-likeness (QED) is 0.535. The van der Waals surface area contributed by atoms with Gasteiger partial charge in [-0.05, 0) is 38.5 Å². The van der Waals surface area contributed by atoms with Crippen LogP contribution in [0.5, 0.6) is 0 Å². The van der Waals surface area contributed by atoms with Gasteiger partial charge in [-0.15, -0.1) is 0 Å². The Balaban J connectivity index is 2.18. The highest BCUT2D eigenvalue weighted by molar-refractivity contribution is 7.92. The second-order valence-corrected chi connectivity index (χ2v) is 9.48. The number of benzene rings is 2. The number of sulfonamides is 1. The van der Waals surface area contributed by atoms with E-state index in [4.69, 9.17) is 0 Å². The van der Waals surface area contributed by atoms with Gasteiger partial charge in [0.1, 0.15) is 17.7 Å². The lowest BCUT2D eigenvalue weighted by molar-refractivity contribution is -0.140. The van der Waals surface area contributed by atoms with Crippen molar-refractivity contribution in [2.75, 3.05) is 23.7 Å². The van der Waals surface area contributed by atoms with Crippen molar-refractivity contribution in [3.8, 4) is 0 Å². The average molecular weight is 482 g/mol. The van der Waals surface area contributed by atoms with Gasteiger partial charge in [-0.25, -0.2) is 17.2 Å². The summed E-state index contributed by atoms with van der Waals surface area (Å²) in [5, 5.41) is 2.65. The Morgan fingerprint density at radius 2 is 1.64 bits per heavy atom. The maximum atomic E-state index is 14.2. The zero-order chi connectivity index (χ0) is 24.6. The highest BCUT2D eigenvalue weighted by atomic mass is 32.2. The molecule has 0 spiro atoms. The lowest BCUT2D eigenvalue weighted by atomic mass is 10.1. The van der Waals surface area contributed by atoms with Gasteiger partial charge in [-0.2, -0.15) is 0 Å². The normalized spacial score (nSPS) is 12.2. The van der Waals surface area contributed by atoms with E-state index in [-0.39, 0.29) is 43.1 Å². The van der Waals surface area contributed by atoms with Crippen molar-refractivity contribution >= 4 is 27.5 Å². The first kappa shape index (κ1) is 26.2. The molecule has 1 atom stereocenters. The second-order valence-electron chi connectivity index (χ2n) is 7.57. The van der Waals surface area contributed by atoms with Crippen LogP contribution in [0.15, 0.2) is 48.5 Å². The van der Waals surface area contributed by atoms with Crippen LogP contribution in [0.1, 0.15) is 32.3 Å². The lowest BCUT2D eigenvalue weighted by Crippen LogP contribution is -2.47. The number of para-hydroxylation sites is 1. The molecule has 2 aromatic rings. The number of carbonyl (C=O) groups is 2. The van der Waals surface area contributed by atoms with Gasteiger partial charge < -0.3 is 10.2 Å². The Labute approximate surface area is 193 Å². The Morgan fingerprint density at radius 3 is 2.21 bits per heavy atom. The molecule has 7 nitrogen and oxygen atoms in total. The van der Waals surface area contributed by atoms with E-state index in [1.54, 1.807) is 19.9 Å². The van der Waals surface area contributed by atoms with Crippen LogP contribution >= 0.6 is 0 Å². The van der Waals surface area contributed by atoms with Crippen LogP contribution in [0.4, 0.5) is 14.5 Å². The number of halogens is 2. The second kappa shape index (κ2) is 11.7. The summed E-state index contributed by atoms with van der Waals surface area (Å²) in [5.74, 6) is -2.02. The smallest absolute Gasteiger partial charge is 0.242 e. The van der Waals surface area contributed by atoms with Crippen LogP contribution in [0.25, 0.3) is 0 Å². The predicted molar refractivity (Wildman–Crippen MR) is 123 cm³/mol. The average Bonchev–Trinajstić information content (AvgIpc) is 2.75. The van der Waals surface area contributed by atoms with E-state index < -0.39 is 33.6 Å². The number of likely N-dealkylation sites (N-methyl/N-ethyl adjacent to an activating group) is 1. The number of hydrogen-bond acceptors (Lipinski definition) is 4. The molecule has 0 saturated carbocycles. The molecule has 0 fully saturated rings. The topological polar surface area (TPSA) is 86.8 Å². The molecule has 0 radical (unpaired) electrons. The van der Waals surface area contributed by atoms with Crippen molar-refractivity contribution < 1.29 is 26.8 Å². The summed E-state index contributed by atoms with van der Waals surface area (Å²) < 4.78 is 53.7. The minimum absolute atomic E-state index is 0.0795. The van der Waals surface area contributed by atoms with Crippen molar-refractivity contribution in [3.05, 3.63) is 65.7 Å². The first-order valence-electron chi connectivity index (χ1n) is 10.6. The van der Waals surface area contributed by atoms with E-state index in [1.165, 1.54) is 41.3 Å². The molecular formula is C23H29F2N3O4S. The summed E-state index contributed by atoms with van der Waals surface area (Å²) in [6, 6.07) is 10.6. The maximum Gasteiger partial charge on any atom is 0.242 e. The number of hydrogen-bond donors (Lipinski definition) is 1. The van der Waals surface area contributed by atoms with E-state index in [0.29, 0.717) is 6.54 Å². The number of rotatable bonds is 11. The molecule has 0 aliphatic carbocycles. The first-order chi connectivity index (χ1) is 15.6. The molecule has 10 heteroatoms. The van der Waals surface area contributed by atoms with Crippen molar-refractivity contribution in [2.45, 2.75) is 39.3 Å². The predicted octanol–water partition coefficient (Wildman–Crippen LogP) is 3.06. The fourth-order valence-corrected chi connectivity index (χ4v) is 4.32. The zero-order valence-electron chi connectivity index (χ0n) is 18.9. The van der Waals surface area contributed by atoms with Crippen LogP contribution in [-0.4, -0.2) is 50.5 Å². The molecule has 0 aromatic heterocycles. The van der Waals surface area contributed by atoms with Gasteiger partial charge in [0.15, 0.2) is 0 Å². The third kappa shape index (κ3) is 7.24. The molecular weight excluding hydrogens is 452 g/mol. The molecule has 0 heterocycles. The maximum absolute atomic E-state index is 14.2. The summed E-state index contributed by atoms with van der Waals surface area (Å²) in [6.07, 6.45) is 0.928. The monoisotopic (exact) mass is 481 g/mol. The highest BCUT2D eigenvalue weighted by Gasteiger charge is 2.27. The molecule has 1 N–H and O–H groups in total. The van der Waals surface area contributed by atoms with Crippen LogP contribution in [0.2, 0.25) is 0 Å². The Kier molecular flexibility index (Phi) is 9.33. The molecule has 33 heavy (non-hydrogen) atoms. The van der Waals surface area contributed by atoms with E-state index in [0.717, 1.165) is 16.6 Å². The summed E-state index contributed by atoms with van der Waals surface area (Å²) in [6.45, 7) is 3.42. The lowest BCUT2D eigenvalue weighted by Gasteiger charge is -2.29. The molecule has 2 amide bonds. The number of nitrogens with zero attached hydrogens (tertiary/aromatic N) is 2. The molecule has 180 valence electrons. The van der Waals surface area contributed by atoms with Crippen molar-refractivity contribution in [2.24, 2.45) is 0 Å². The van der Waals surface area contributed by atoms with E-state index >= 15 is 0 Å². The molecule has 0 aliphatic rings. The van der Waals surface area contributed by atoms with Crippen LogP contribution in [-0.2, 0) is 26.2 Å². The number of carbonyl (C=O) groups excluding carboxylic acids is 2. The summed E-state index contributed by atoms with van der Waals surface area (Å²) in [5.41, 5.74) is 0.150. The highest BCUT2D eigenvalue weighted by Crippen LogP contribution is 2.22. The molecule has 0 saturated heterocycles. The molecule has 2 aromatic carbocycles. The fourth-order valence-electron chi connectivity index (χ4n) is 3.35. The Morgan fingerprint density at radius 1 is 1.03 bits per heavy atom. The third-order valence-corrected chi connectivity index (χ3v) is 6.27. The van der Waals surface area contributed by atoms with E-state index in [2.05, 4.69) is 5.32 Å². The van der Waals surface area contributed by atoms with Gasteiger partial charge >= 0.3 is 0 Å². The molecule has 1 unspecified atom stereocenters. The first-order valence-corrected chi connectivity index (χ1v) is 12.4. The van der Waals surface area contributed by atoms with Crippen molar-refractivity contribution in [1.29, 1.82) is 0 Å². The van der Waals surface area contributed by atoms with Crippen LogP contribution < -0.4 is 9.62 Å². The fraction of sp³-hybridized carbons (Fsp3) is 0.391. The van der Waals surface area contributed by atoms with Gasteiger partial charge in [0, 0.05) is 31.6 Å². The third-order valence-electron chi connectivity index (χ3n) is 5.09. The molecule has 0 bridgehead atoms. The number of anilines is 1. The van der Waals surface area contributed by atoms with E-state index in [1.807, 2.05) is 0 Å². The van der Waals surface area contributed by atoms with Gasteiger partial charge in [0.2, 0.25) is 21.8 Å². The van der Waals surface area contributed by atoms with Gasteiger partial charge in [-0.1, -0.05) is 30.3 Å². The minimum Gasteiger partial charge on any atom is -0.355 e. The zero-order valence-corrected chi connectivity index (χ0v) is 19.7. The standard InChI is InChI=1S/C23H29F2N3O4S/c1-4-26-23(30)17(2)27(16-18-10-5-6-11-19(18)24)22(29)14-9-15-28(33(3,31)32)21-13-8-7-12-20(21)25/h5-8,10-13,17H,4,9,14-16H2,1-3H3,(H,26,30). The summed E-state index contributed by atoms with van der Waals surface area (Å²) >= 11 is 0. The Bertz CT molecular complexity index is 1080.